The van der Waals surface area contributed by atoms with E-state index in [0.717, 1.165) is 57.5 Å². The SMILES string of the molecule is COCCCN1CC2(CCN(Cc3cccc(C(=O)OC)c3)CC2)CC1=O. The summed E-state index contributed by atoms with van der Waals surface area (Å²) in [4.78, 5) is 28.5. The second kappa shape index (κ2) is 8.85. The topological polar surface area (TPSA) is 59.1 Å². The van der Waals surface area contributed by atoms with Gasteiger partial charge in [0, 0.05) is 39.8 Å². The molecule has 2 fully saturated rings. The smallest absolute Gasteiger partial charge is 0.337 e. The quantitative estimate of drug-likeness (QED) is 0.542. The Labute approximate surface area is 161 Å². The molecule has 0 unspecified atom stereocenters. The third-order valence-corrected chi connectivity index (χ3v) is 5.85. The van der Waals surface area contributed by atoms with Crippen molar-refractivity contribution in [2.45, 2.75) is 32.2 Å². The number of hydrogen-bond acceptors (Lipinski definition) is 5. The van der Waals surface area contributed by atoms with Gasteiger partial charge >= 0.3 is 5.97 Å². The molecule has 0 N–H and O–H groups in total. The highest BCUT2D eigenvalue weighted by Gasteiger charge is 2.44. The van der Waals surface area contributed by atoms with Gasteiger partial charge < -0.3 is 14.4 Å². The van der Waals surface area contributed by atoms with Gasteiger partial charge in [0.2, 0.25) is 5.91 Å². The zero-order valence-corrected chi connectivity index (χ0v) is 16.4. The maximum atomic E-state index is 12.4. The molecule has 6 nitrogen and oxygen atoms in total. The lowest BCUT2D eigenvalue weighted by Gasteiger charge is -2.39. The number of esters is 1. The van der Waals surface area contributed by atoms with E-state index in [1.54, 1.807) is 13.2 Å². The molecule has 2 saturated heterocycles. The lowest BCUT2D eigenvalue weighted by atomic mass is 9.77. The van der Waals surface area contributed by atoms with E-state index in [9.17, 15) is 9.59 Å². The van der Waals surface area contributed by atoms with Crippen LogP contribution in [0.4, 0.5) is 0 Å². The summed E-state index contributed by atoms with van der Waals surface area (Å²) in [5, 5.41) is 0. The van der Waals surface area contributed by atoms with Crippen LogP contribution in [0.15, 0.2) is 24.3 Å². The van der Waals surface area contributed by atoms with Crippen LogP contribution in [0.25, 0.3) is 0 Å². The van der Waals surface area contributed by atoms with Crippen LogP contribution in [0.5, 0.6) is 0 Å². The van der Waals surface area contributed by atoms with Gasteiger partial charge in [-0.3, -0.25) is 9.69 Å². The summed E-state index contributed by atoms with van der Waals surface area (Å²) in [5.41, 5.74) is 1.86. The Morgan fingerprint density at radius 3 is 2.70 bits per heavy atom. The number of rotatable bonds is 7. The van der Waals surface area contributed by atoms with Crippen molar-refractivity contribution in [2.75, 3.05) is 47.0 Å². The van der Waals surface area contributed by atoms with E-state index in [1.807, 2.05) is 23.1 Å². The van der Waals surface area contributed by atoms with Gasteiger partial charge in [0.15, 0.2) is 0 Å². The lowest BCUT2D eigenvalue weighted by Crippen LogP contribution is -2.41. The molecule has 0 radical (unpaired) electrons. The molecule has 2 heterocycles. The number of hydrogen-bond donors (Lipinski definition) is 0. The Hall–Kier alpha value is -1.92. The van der Waals surface area contributed by atoms with Crippen molar-refractivity contribution in [1.29, 1.82) is 0 Å². The fourth-order valence-corrected chi connectivity index (χ4v) is 4.28. The van der Waals surface area contributed by atoms with Crippen molar-refractivity contribution in [1.82, 2.24) is 9.80 Å². The Kier molecular flexibility index (Phi) is 6.50. The van der Waals surface area contributed by atoms with Gasteiger partial charge in [-0.25, -0.2) is 4.79 Å². The summed E-state index contributed by atoms with van der Waals surface area (Å²) in [5.74, 6) is -0.00203. The molecular weight excluding hydrogens is 344 g/mol. The van der Waals surface area contributed by atoms with Gasteiger partial charge in [-0.15, -0.1) is 0 Å². The molecule has 1 aromatic rings. The zero-order valence-electron chi connectivity index (χ0n) is 16.4. The highest BCUT2D eigenvalue weighted by atomic mass is 16.5. The largest absolute Gasteiger partial charge is 0.465 e. The highest BCUT2D eigenvalue weighted by molar-refractivity contribution is 5.89. The first kappa shape index (κ1) is 19.8. The number of benzene rings is 1. The first-order chi connectivity index (χ1) is 13.0. The second-order valence-corrected chi connectivity index (χ2v) is 7.81. The number of carbonyl (C=O) groups excluding carboxylic acids is 2. The minimum absolute atomic E-state index is 0.147. The van der Waals surface area contributed by atoms with Crippen molar-refractivity contribution < 1.29 is 19.1 Å². The van der Waals surface area contributed by atoms with E-state index in [1.165, 1.54) is 7.11 Å². The number of amides is 1. The number of nitrogens with zero attached hydrogens (tertiary/aromatic N) is 2. The van der Waals surface area contributed by atoms with E-state index in [2.05, 4.69) is 4.90 Å². The fraction of sp³-hybridized carbons (Fsp3) is 0.619. The van der Waals surface area contributed by atoms with Gasteiger partial charge in [-0.1, -0.05) is 12.1 Å². The fourth-order valence-electron chi connectivity index (χ4n) is 4.28. The van der Waals surface area contributed by atoms with Crippen LogP contribution in [0.2, 0.25) is 0 Å². The van der Waals surface area contributed by atoms with E-state index in [4.69, 9.17) is 9.47 Å². The van der Waals surface area contributed by atoms with E-state index >= 15 is 0 Å². The van der Waals surface area contributed by atoms with Crippen LogP contribution < -0.4 is 0 Å². The summed E-state index contributed by atoms with van der Waals surface area (Å²) in [6, 6.07) is 7.64. The summed E-state index contributed by atoms with van der Waals surface area (Å²) in [6.45, 7) is 5.20. The van der Waals surface area contributed by atoms with Crippen LogP contribution in [0.1, 0.15) is 41.6 Å². The predicted octanol–water partition coefficient (Wildman–Crippen LogP) is 2.32. The second-order valence-electron chi connectivity index (χ2n) is 7.81. The molecule has 0 saturated carbocycles. The van der Waals surface area contributed by atoms with Crippen molar-refractivity contribution in [3.8, 4) is 0 Å². The first-order valence-electron chi connectivity index (χ1n) is 9.71. The molecule has 27 heavy (non-hydrogen) atoms. The van der Waals surface area contributed by atoms with Crippen molar-refractivity contribution in [3.05, 3.63) is 35.4 Å². The molecule has 1 spiro atoms. The van der Waals surface area contributed by atoms with Crippen molar-refractivity contribution >= 4 is 11.9 Å². The van der Waals surface area contributed by atoms with Crippen LogP contribution in [-0.2, 0) is 20.8 Å². The maximum Gasteiger partial charge on any atom is 0.337 e. The van der Waals surface area contributed by atoms with E-state index in [-0.39, 0.29) is 11.4 Å². The van der Waals surface area contributed by atoms with Crippen LogP contribution in [0, 0.1) is 5.41 Å². The van der Waals surface area contributed by atoms with Gasteiger partial charge in [-0.05, 0) is 55.5 Å². The molecule has 0 aromatic heterocycles. The molecule has 1 aromatic carbocycles. The van der Waals surface area contributed by atoms with Crippen LogP contribution in [-0.4, -0.2) is 68.7 Å². The molecule has 6 heteroatoms. The molecule has 0 aliphatic carbocycles. The molecule has 148 valence electrons. The Morgan fingerprint density at radius 2 is 2.00 bits per heavy atom. The van der Waals surface area contributed by atoms with Gasteiger partial charge in [-0.2, -0.15) is 0 Å². The molecule has 0 atom stereocenters. The van der Waals surface area contributed by atoms with Crippen LogP contribution >= 0.6 is 0 Å². The van der Waals surface area contributed by atoms with Gasteiger partial charge in [0.25, 0.3) is 0 Å². The third kappa shape index (κ3) is 4.87. The standard InChI is InChI=1S/C21H30N2O4/c1-26-12-4-9-23-16-21(14-19(23)24)7-10-22(11-8-21)15-17-5-3-6-18(13-17)20(25)27-2/h3,5-6,13H,4,7-12,14-16H2,1-2H3. The van der Waals surface area contributed by atoms with E-state index in [0.29, 0.717) is 24.5 Å². The average molecular weight is 374 g/mol. The normalized spacial score (nSPS) is 19.6. The summed E-state index contributed by atoms with van der Waals surface area (Å²) in [7, 11) is 3.10. The maximum absolute atomic E-state index is 12.4. The molecule has 3 rings (SSSR count). The first-order valence-corrected chi connectivity index (χ1v) is 9.71. The monoisotopic (exact) mass is 374 g/mol. The summed E-state index contributed by atoms with van der Waals surface area (Å²) >= 11 is 0. The zero-order chi connectivity index (χ0) is 19.3. The lowest BCUT2D eigenvalue weighted by molar-refractivity contribution is -0.128. The minimum Gasteiger partial charge on any atom is -0.465 e. The Morgan fingerprint density at radius 1 is 1.22 bits per heavy atom. The average Bonchev–Trinajstić information content (AvgIpc) is 2.99. The molecule has 1 amide bonds. The van der Waals surface area contributed by atoms with E-state index < -0.39 is 0 Å². The van der Waals surface area contributed by atoms with Gasteiger partial charge in [0.1, 0.15) is 0 Å². The van der Waals surface area contributed by atoms with Crippen molar-refractivity contribution in [2.24, 2.45) is 5.41 Å². The van der Waals surface area contributed by atoms with Crippen LogP contribution in [0.3, 0.4) is 0 Å². The highest BCUT2D eigenvalue weighted by Crippen LogP contribution is 2.41. The van der Waals surface area contributed by atoms with Crippen molar-refractivity contribution in [3.63, 3.8) is 0 Å². The third-order valence-electron chi connectivity index (χ3n) is 5.85. The number of ether oxygens (including phenoxy) is 2. The molecular formula is C21H30N2O4. The van der Waals surface area contributed by atoms with Gasteiger partial charge in [0.05, 0.1) is 12.7 Å². The number of piperidine rings is 1. The minimum atomic E-state index is -0.299. The Bertz CT molecular complexity index is 668. The number of likely N-dealkylation sites (tertiary alicyclic amines) is 2. The number of methoxy groups -OCH3 is 2. The molecule has 2 aliphatic heterocycles. The summed E-state index contributed by atoms with van der Waals surface area (Å²) < 4.78 is 9.90. The summed E-state index contributed by atoms with van der Waals surface area (Å²) in [6.07, 6.45) is 3.69. The number of carbonyl (C=O) groups is 2. The molecule has 2 aliphatic rings. The predicted molar refractivity (Wildman–Crippen MR) is 102 cm³/mol. The Balaban J connectivity index is 1.52. The molecule has 0 bridgehead atoms.